The highest BCUT2D eigenvalue weighted by molar-refractivity contribution is 6.91. The van der Waals surface area contributed by atoms with Crippen molar-refractivity contribution in [1.82, 2.24) is 14.6 Å². The Bertz CT molecular complexity index is 182. The second-order valence-electron chi connectivity index (χ2n) is 4.79. The molecule has 0 spiro atoms. The molecule has 0 aromatic rings. The number of hydrogen-bond acceptors (Lipinski definition) is 3. The van der Waals surface area contributed by atoms with Crippen molar-refractivity contribution in [3.05, 3.63) is 0 Å². The van der Waals surface area contributed by atoms with Gasteiger partial charge in [-0.05, 0) is 37.3 Å². The second-order valence-corrected chi connectivity index (χ2v) is 13.7. The summed E-state index contributed by atoms with van der Waals surface area (Å²) < 4.78 is 4.14. The fourth-order valence-corrected chi connectivity index (χ4v) is 13.0. The van der Waals surface area contributed by atoms with Crippen molar-refractivity contribution in [3.8, 4) is 0 Å². The van der Waals surface area contributed by atoms with Gasteiger partial charge in [0.25, 0.3) is 8.56 Å². The van der Waals surface area contributed by atoms with Gasteiger partial charge in [0.2, 0.25) is 0 Å². The minimum Gasteiger partial charge on any atom is -0.335 e. The van der Waals surface area contributed by atoms with Crippen LogP contribution < -0.4 is 14.6 Å². The molecule has 3 nitrogen and oxygen atoms in total. The van der Waals surface area contributed by atoms with E-state index in [1.807, 2.05) is 0 Å². The van der Waals surface area contributed by atoms with E-state index in [1.54, 1.807) is 0 Å². The van der Waals surface area contributed by atoms with Gasteiger partial charge in [0.05, 0.1) is 0 Å². The number of rotatable bonds is 10. The third-order valence-electron chi connectivity index (χ3n) is 4.00. The third kappa shape index (κ3) is 4.83. The summed E-state index contributed by atoms with van der Waals surface area (Å²) in [5.74, 6) is 0. The van der Waals surface area contributed by atoms with Crippen LogP contribution in [0.4, 0.5) is 0 Å². The molecule has 0 heterocycles. The summed E-state index contributed by atoms with van der Waals surface area (Å²) in [6.45, 7) is 15.9. The van der Waals surface area contributed by atoms with Crippen molar-refractivity contribution in [3.63, 3.8) is 0 Å². The Kier molecular flexibility index (Phi) is 8.58. The average molecular weight is 276 g/mol. The molecule has 0 aliphatic rings. The summed E-state index contributed by atoms with van der Waals surface area (Å²) >= 11 is 0. The van der Waals surface area contributed by atoms with Crippen molar-refractivity contribution >= 4 is 16.8 Å². The monoisotopic (exact) mass is 275 g/mol. The van der Waals surface area contributed by atoms with Crippen molar-refractivity contribution in [2.24, 2.45) is 0 Å². The first-order valence-electron chi connectivity index (χ1n) is 7.36. The van der Waals surface area contributed by atoms with Crippen LogP contribution in [-0.4, -0.2) is 29.9 Å². The minimum atomic E-state index is -1.66. The van der Waals surface area contributed by atoms with E-state index in [-0.39, 0.29) is 0 Å². The van der Waals surface area contributed by atoms with Crippen molar-refractivity contribution in [2.75, 3.05) is 13.1 Å². The van der Waals surface area contributed by atoms with Gasteiger partial charge in [0.15, 0.2) is 0 Å². The fourth-order valence-electron chi connectivity index (χ4n) is 2.56. The highest BCUT2D eigenvalue weighted by atomic mass is 28.4. The van der Waals surface area contributed by atoms with Crippen LogP contribution in [0.5, 0.6) is 0 Å². The Morgan fingerprint density at radius 2 is 1.06 bits per heavy atom. The summed E-state index contributed by atoms with van der Waals surface area (Å²) in [6, 6.07) is 5.23. The summed E-state index contributed by atoms with van der Waals surface area (Å²) in [6.07, 6.45) is 0. The molecule has 0 aliphatic heterocycles. The molecule has 104 valence electrons. The summed E-state index contributed by atoms with van der Waals surface area (Å²) in [7, 11) is -2.92. The van der Waals surface area contributed by atoms with E-state index in [0.717, 1.165) is 13.1 Å². The van der Waals surface area contributed by atoms with E-state index in [9.17, 15) is 0 Å². The molecule has 0 atom stereocenters. The van der Waals surface area contributed by atoms with Gasteiger partial charge in [-0.3, -0.25) is 0 Å². The zero-order chi connectivity index (χ0) is 13.4. The lowest BCUT2D eigenvalue weighted by Gasteiger charge is -2.41. The zero-order valence-corrected chi connectivity index (χ0v) is 14.7. The molecule has 0 fully saturated rings. The molecule has 0 radical (unpaired) electrons. The molecule has 0 saturated carbocycles. The number of nitrogens with one attached hydrogen (secondary N) is 3. The Labute approximate surface area is 110 Å². The highest BCUT2D eigenvalue weighted by Gasteiger charge is 2.39. The molecule has 0 bridgehead atoms. The first kappa shape index (κ1) is 17.3. The summed E-state index contributed by atoms with van der Waals surface area (Å²) in [5, 5.41) is 0. The molecule has 3 N–H and O–H groups in total. The topological polar surface area (TPSA) is 36.1 Å². The molecule has 0 unspecified atom stereocenters. The Morgan fingerprint density at radius 3 is 1.29 bits per heavy atom. The molecule has 0 aliphatic carbocycles. The first-order valence-corrected chi connectivity index (χ1v) is 12.2. The maximum Gasteiger partial charge on any atom is 0.274 e. The Morgan fingerprint density at radius 1 is 0.647 bits per heavy atom. The lowest BCUT2D eigenvalue weighted by Crippen LogP contribution is -2.78. The van der Waals surface area contributed by atoms with Gasteiger partial charge in [0, 0.05) is 0 Å². The second kappa shape index (κ2) is 8.42. The molecule has 0 aromatic carbocycles. The van der Waals surface area contributed by atoms with Crippen LogP contribution in [0.15, 0.2) is 0 Å². The van der Waals surface area contributed by atoms with Crippen LogP contribution in [0, 0.1) is 0 Å². The maximum atomic E-state index is 4.14. The first-order chi connectivity index (χ1) is 8.07. The lowest BCUT2D eigenvalue weighted by molar-refractivity contribution is 0.807. The predicted octanol–water partition coefficient (Wildman–Crippen LogP) is 2.76. The van der Waals surface area contributed by atoms with E-state index >= 15 is 0 Å². The molecule has 17 heavy (non-hydrogen) atoms. The van der Waals surface area contributed by atoms with Crippen LogP contribution in [0.25, 0.3) is 0 Å². The maximum absolute atomic E-state index is 4.14. The molecule has 0 rings (SSSR count). The van der Waals surface area contributed by atoms with Crippen LogP contribution in [-0.2, 0) is 0 Å². The van der Waals surface area contributed by atoms with E-state index < -0.39 is 16.8 Å². The molecule has 0 saturated heterocycles. The highest BCUT2D eigenvalue weighted by Crippen LogP contribution is 2.19. The standard InChI is InChI=1S/C12H33N3Si2/c1-7-13-17(12-6,14-8-2)15-16(9-3,10-4)11-5/h13-15H,7-12H2,1-6H3. The number of hydrogen-bond donors (Lipinski definition) is 3. The van der Waals surface area contributed by atoms with Gasteiger partial charge in [-0.2, -0.15) is 0 Å². The zero-order valence-electron chi connectivity index (χ0n) is 12.7. The van der Waals surface area contributed by atoms with Crippen molar-refractivity contribution in [1.29, 1.82) is 0 Å². The van der Waals surface area contributed by atoms with Crippen LogP contribution in [0.3, 0.4) is 0 Å². The fraction of sp³-hybridized carbons (Fsp3) is 1.00. The molecular weight excluding hydrogens is 242 g/mol. The Balaban J connectivity index is 4.91. The normalized spacial score (nSPS) is 13.1. The van der Waals surface area contributed by atoms with Gasteiger partial charge >= 0.3 is 0 Å². The van der Waals surface area contributed by atoms with E-state index in [4.69, 9.17) is 0 Å². The van der Waals surface area contributed by atoms with E-state index in [1.165, 1.54) is 24.2 Å². The van der Waals surface area contributed by atoms with Gasteiger partial charge < -0.3 is 14.6 Å². The van der Waals surface area contributed by atoms with E-state index in [0.29, 0.717) is 0 Å². The van der Waals surface area contributed by atoms with Crippen LogP contribution in [0.1, 0.15) is 41.5 Å². The third-order valence-corrected chi connectivity index (χ3v) is 14.9. The smallest absolute Gasteiger partial charge is 0.274 e. The minimum absolute atomic E-state index is 1.06. The van der Waals surface area contributed by atoms with Gasteiger partial charge in [-0.15, -0.1) is 0 Å². The largest absolute Gasteiger partial charge is 0.335 e. The predicted molar refractivity (Wildman–Crippen MR) is 83.9 cm³/mol. The summed E-state index contributed by atoms with van der Waals surface area (Å²) in [4.78, 5) is 7.51. The summed E-state index contributed by atoms with van der Waals surface area (Å²) in [5.41, 5.74) is 0. The quantitative estimate of drug-likeness (QED) is 0.537. The van der Waals surface area contributed by atoms with Crippen molar-refractivity contribution < 1.29 is 0 Å². The van der Waals surface area contributed by atoms with Crippen molar-refractivity contribution in [2.45, 2.75) is 65.7 Å². The lowest BCUT2D eigenvalue weighted by atomic mass is 10.8. The SMILES string of the molecule is CCN[Si](CC)(NCC)N[Si](CC)(CC)CC. The van der Waals surface area contributed by atoms with Crippen LogP contribution >= 0.6 is 0 Å². The molecular formula is C12H33N3Si2. The average Bonchev–Trinajstić information content (AvgIpc) is 2.36. The van der Waals surface area contributed by atoms with E-state index in [2.05, 4.69) is 56.2 Å². The Hall–Kier alpha value is 0.314. The van der Waals surface area contributed by atoms with Crippen LogP contribution in [0.2, 0.25) is 24.2 Å². The molecule has 0 aromatic heterocycles. The molecule has 0 amide bonds. The van der Waals surface area contributed by atoms with Gasteiger partial charge in [0.1, 0.15) is 8.24 Å². The van der Waals surface area contributed by atoms with Gasteiger partial charge in [-0.25, -0.2) is 0 Å². The van der Waals surface area contributed by atoms with Gasteiger partial charge in [-0.1, -0.05) is 41.5 Å². The molecule has 5 heteroatoms.